The van der Waals surface area contributed by atoms with Gasteiger partial charge in [0.1, 0.15) is 5.78 Å². The van der Waals surface area contributed by atoms with Crippen LogP contribution >= 0.6 is 0 Å². The average molecular weight is 247 g/mol. The number of benzene rings is 1. The number of carbonyl (C=O) groups is 1. The Labute approximate surface area is 111 Å². The molecule has 0 radical (unpaired) electrons. The Morgan fingerprint density at radius 1 is 1.22 bits per heavy atom. The summed E-state index contributed by atoms with van der Waals surface area (Å²) in [6.45, 7) is 6.12. The van der Waals surface area contributed by atoms with Crippen LogP contribution in [0.2, 0.25) is 0 Å². The largest absolute Gasteiger partial charge is 0.313 e. The molecule has 0 aliphatic heterocycles. The maximum Gasteiger partial charge on any atom is 0.129 e. The molecule has 1 aromatic rings. The van der Waals surface area contributed by atoms with Crippen molar-refractivity contribution in [3.63, 3.8) is 0 Å². The maximum absolute atomic E-state index is 11.0. The van der Waals surface area contributed by atoms with E-state index in [1.54, 1.807) is 6.92 Å². The van der Waals surface area contributed by atoms with Crippen LogP contribution in [-0.2, 0) is 11.2 Å². The summed E-state index contributed by atoms with van der Waals surface area (Å²) >= 11 is 0. The molecule has 0 amide bonds. The highest BCUT2D eigenvalue weighted by molar-refractivity contribution is 5.75. The number of ketones is 1. The van der Waals surface area contributed by atoms with Crippen molar-refractivity contribution in [3.8, 4) is 0 Å². The van der Waals surface area contributed by atoms with E-state index in [0.29, 0.717) is 12.3 Å². The molecule has 2 heteroatoms. The molecule has 1 rings (SSSR count). The first-order valence-corrected chi connectivity index (χ1v) is 6.78. The molecule has 100 valence electrons. The van der Waals surface area contributed by atoms with Gasteiger partial charge in [0.05, 0.1) is 0 Å². The summed E-state index contributed by atoms with van der Waals surface area (Å²) in [6, 6.07) is 9.04. The normalized spacial score (nSPS) is 12.7. The summed E-state index contributed by atoms with van der Waals surface area (Å²) in [5.41, 5.74) is 2.65. The molecule has 0 fully saturated rings. The summed E-state index contributed by atoms with van der Waals surface area (Å²) in [7, 11) is 1.95. The minimum atomic E-state index is 0.256. The number of hydrogen-bond acceptors (Lipinski definition) is 2. The van der Waals surface area contributed by atoms with Crippen molar-refractivity contribution in [1.29, 1.82) is 0 Å². The van der Waals surface area contributed by atoms with Crippen LogP contribution in [0, 0.1) is 5.92 Å². The van der Waals surface area contributed by atoms with Crippen molar-refractivity contribution in [2.45, 2.75) is 46.1 Å². The van der Waals surface area contributed by atoms with E-state index in [-0.39, 0.29) is 11.8 Å². The molecule has 0 bridgehead atoms. The van der Waals surface area contributed by atoms with Gasteiger partial charge >= 0.3 is 0 Å². The summed E-state index contributed by atoms with van der Waals surface area (Å²) < 4.78 is 0. The van der Waals surface area contributed by atoms with E-state index < -0.39 is 0 Å². The fourth-order valence-corrected chi connectivity index (χ4v) is 2.18. The fraction of sp³-hybridized carbons (Fsp3) is 0.562. The van der Waals surface area contributed by atoms with Crippen molar-refractivity contribution in [1.82, 2.24) is 5.32 Å². The van der Waals surface area contributed by atoms with Crippen LogP contribution in [0.5, 0.6) is 0 Å². The third kappa shape index (κ3) is 5.01. The molecule has 0 saturated carbocycles. The Morgan fingerprint density at radius 2 is 1.83 bits per heavy atom. The molecule has 0 aromatic heterocycles. The Morgan fingerprint density at radius 3 is 2.28 bits per heavy atom. The van der Waals surface area contributed by atoms with Crippen LogP contribution < -0.4 is 5.32 Å². The molecule has 0 aliphatic rings. The molecule has 1 aromatic carbocycles. The molecular formula is C16H25NO. The van der Waals surface area contributed by atoms with E-state index in [1.165, 1.54) is 11.1 Å². The van der Waals surface area contributed by atoms with Crippen LogP contribution in [-0.4, -0.2) is 12.8 Å². The molecule has 1 N–H and O–H groups in total. The molecule has 0 saturated heterocycles. The third-order valence-electron chi connectivity index (χ3n) is 3.16. The van der Waals surface area contributed by atoms with Gasteiger partial charge in [0.25, 0.3) is 0 Å². The third-order valence-corrected chi connectivity index (χ3v) is 3.16. The second-order valence-electron chi connectivity index (χ2n) is 5.42. The SMILES string of the molecule is CNC(CCC(C)=O)c1ccc(CC(C)C)cc1. The van der Waals surface area contributed by atoms with E-state index in [4.69, 9.17) is 0 Å². The van der Waals surface area contributed by atoms with E-state index >= 15 is 0 Å². The minimum absolute atomic E-state index is 0.256. The molecule has 0 heterocycles. The second kappa shape index (κ2) is 7.32. The highest BCUT2D eigenvalue weighted by Crippen LogP contribution is 2.19. The van der Waals surface area contributed by atoms with Crippen LogP contribution in [0.25, 0.3) is 0 Å². The molecule has 18 heavy (non-hydrogen) atoms. The van der Waals surface area contributed by atoms with Crippen LogP contribution in [0.1, 0.15) is 50.8 Å². The van der Waals surface area contributed by atoms with Crippen molar-refractivity contribution >= 4 is 5.78 Å². The van der Waals surface area contributed by atoms with Crippen molar-refractivity contribution in [2.75, 3.05) is 7.05 Å². The molecular weight excluding hydrogens is 222 g/mol. The highest BCUT2D eigenvalue weighted by Gasteiger charge is 2.10. The van der Waals surface area contributed by atoms with Crippen molar-refractivity contribution in [3.05, 3.63) is 35.4 Å². The quantitative estimate of drug-likeness (QED) is 0.799. The first kappa shape index (κ1) is 14.9. The Hall–Kier alpha value is -1.15. The zero-order chi connectivity index (χ0) is 13.5. The van der Waals surface area contributed by atoms with Gasteiger partial charge in [-0.3, -0.25) is 0 Å². The number of rotatable bonds is 7. The monoisotopic (exact) mass is 247 g/mol. The summed E-state index contributed by atoms with van der Waals surface area (Å²) in [6.07, 6.45) is 2.63. The average Bonchev–Trinajstić information content (AvgIpc) is 2.31. The summed E-state index contributed by atoms with van der Waals surface area (Å²) in [5.74, 6) is 0.945. The second-order valence-corrected chi connectivity index (χ2v) is 5.42. The van der Waals surface area contributed by atoms with Crippen molar-refractivity contribution < 1.29 is 4.79 Å². The van der Waals surface area contributed by atoms with Gasteiger partial charge in [0, 0.05) is 12.5 Å². The number of hydrogen-bond donors (Lipinski definition) is 1. The van der Waals surface area contributed by atoms with Gasteiger partial charge in [0.15, 0.2) is 0 Å². The first-order chi connectivity index (χ1) is 8.52. The fourth-order valence-electron chi connectivity index (χ4n) is 2.18. The van der Waals surface area contributed by atoms with Gasteiger partial charge in [-0.2, -0.15) is 0 Å². The lowest BCUT2D eigenvalue weighted by Gasteiger charge is -2.16. The number of carbonyl (C=O) groups excluding carboxylic acids is 1. The van der Waals surface area contributed by atoms with Gasteiger partial charge in [-0.1, -0.05) is 38.1 Å². The van der Waals surface area contributed by atoms with Gasteiger partial charge in [0.2, 0.25) is 0 Å². The van der Waals surface area contributed by atoms with Gasteiger partial charge in [-0.25, -0.2) is 0 Å². The van der Waals surface area contributed by atoms with Crippen LogP contribution in [0.15, 0.2) is 24.3 Å². The Balaban J connectivity index is 2.66. The highest BCUT2D eigenvalue weighted by atomic mass is 16.1. The van der Waals surface area contributed by atoms with E-state index in [9.17, 15) is 4.79 Å². The summed E-state index contributed by atoms with van der Waals surface area (Å²) in [4.78, 5) is 11.0. The maximum atomic E-state index is 11.0. The Bertz CT molecular complexity index is 367. The lowest BCUT2D eigenvalue weighted by Crippen LogP contribution is -2.17. The lowest BCUT2D eigenvalue weighted by atomic mass is 9.97. The molecule has 0 spiro atoms. The van der Waals surface area contributed by atoms with Gasteiger partial charge < -0.3 is 10.1 Å². The minimum Gasteiger partial charge on any atom is -0.313 e. The number of Topliss-reactive ketones (excluding diaryl/α,β-unsaturated/α-hetero) is 1. The standard InChI is InChI=1S/C16H25NO/c1-12(2)11-14-6-8-15(9-7-14)16(17-4)10-5-13(3)18/h6-9,12,16-17H,5,10-11H2,1-4H3. The molecule has 0 aliphatic carbocycles. The molecule has 1 atom stereocenters. The number of nitrogens with one attached hydrogen (secondary N) is 1. The summed E-state index contributed by atoms with van der Waals surface area (Å²) in [5, 5.41) is 3.28. The van der Waals surface area contributed by atoms with Gasteiger partial charge in [-0.05, 0) is 43.9 Å². The molecule has 2 nitrogen and oxygen atoms in total. The smallest absolute Gasteiger partial charge is 0.129 e. The van der Waals surface area contributed by atoms with Crippen molar-refractivity contribution in [2.24, 2.45) is 5.92 Å². The predicted molar refractivity (Wildman–Crippen MR) is 76.7 cm³/mol. The van der Waals surface area contributed by atoms with E-state index in [0.717, 1.165) is 12.8 Å². The molecule has 1 unspecified atom stereocenters. The van der Waals surface area contributed by atoms with Crippen LogP contribution in [0.4, 0.5) is 0 Å². The van der Waals surface area contributed by atoms with Gasteiger partial charge in [-0.15, -0.1) is 0 Å². The zero-order valence-corrected chi connectivity index (χ0v) is 12.0. The zero-order valence-electron chi connectivity index (χ0n) is 12.0. The lowest BCUT2D eigenvalue weighted by molar-refractivity contribution is -0.117. The van der Waals surface area contributed by atoms with E-state index in [1.807, 2.05) is 7.05 Å². The van der Waals surface area contributed by atoms with E-state index in [2.05, 4.69) is 43.4 Å². The predicted octanol–water partition coefficient (Wildman–Crippen LogP) is 3.51. The Kier molecular flexibility index (Phi) is 6.06. The first-order valence-electron chi connectivity index (χ1n) is 6.78. The van der Waals surface area contributed by atoms with Crippen LogP contribution in [0.3, 0.4) is 0 Å². The topological polar surface area (TPSA) is 29.1 Å².